The first-order valence-electron chi connectivity index (χ1n) is 8.32. The van der Waals surface area contributed by atoms with Gasteiger partial charge in [-0.05, 0) is 33.6 Å². The van der Waals surface area contributed by atoms with Gasteiger partial charge in [0.25, 0.3) is 0 Å². The van der Waals surface area contributed by atoms with Crippen molar-refractivity contribution in [2.24, 2.45) is 0 Å². The minimum absolute atomic E-state index is 0.00962. The van der Waals surface area contributed by atoms with Crippen LogP contribution in [0, 0.1) is 24.0 Å². The van der Waals surface area contributed by atoms with E-state index >= 15 is 0 Å². The molecular formula is C16H26N4O3. The predicted octanol–water partition coefficient (Wildman–Crippen LogP) is 3.03. The van der Waals surface area contributed by atoms with E-state index < -0.39 is 4.92 Å². The highest BCUT2D eigenvalue weighted by Gasteiger charge is 2.27. The van der Waals surface area contributed by atoms with Crippen molar-refractivity contribution in [3.63, 3.8) is 0 Å². The number of hydrogen-bond donors (Lipinski definition) is 1. The maximum atomic E-state index is 12.3. The SMILES string of the molecule is Cc1nn(CCC(=O)NC2(C)CCCCCC2)c(C)c1[N+](=O)[O-]. The number of nitrogens with one attached hydrogen (secondary N) is 1. The van der Waals surface area contributed by atoms with Gasteiger partial charge in [0.2, 0.25) is 5.91 Å². The third-order valence-electron chi connectivity index (χ3n) is 4.72. The first-order chi connectivity index (χ1) is 10.8. The number of amides is 1. The summed E-state index contributed by atoms with van der Waals surface area (Å²) < 4.78 is 1.56. The quantitative estimate of drug-likeness (QED) is 0.512. The lowest BCUT2D eigenvalue weighted by atomic mass is 9.92. The Kier molecular flexibility index (Phi) is 5.38. The Hall–Kier alpha value is -1.92. The molecule has 0 bridgehead atoms. The van der Waals surface area contributed by atoms with Gasteiger partial charge in [-0.2, -0.15) is 5.10 Å². The number of hydrogen-bond acceptors (Lipinski definition) is 4. The summed E-state index contributed by atoms with van der Waals surface area (Å²) in [5.74, 6) is -0.00962. The van der Waals surface area contributed by atoms with Crippen LogP contribution in [-0.4, -0.2) is 26.1 Å². The van der Waals surface area contributed by atoms with Crippen LogP contribution < -0.4 is 5.32 Å². The lowest BCUT2D eigenvalue weighted by Gasteiger charge is -2.29. The van der Waals surface area contributed by atoms with Crippen molar-refractivity contribution < 1.29 is 9.72 Å². The van der Waals surface area contributed by atoms with Gasteiger partial charge in [-0.15, -0.1) is 0 Å². The topological polar surface area (TPSA) is 90.1 Å². The maximum absolute atomic E-state index is 12.3. The summed E-state index contributed by atoms with van der Waals surface area (Å²) in [6.07, 6.45) is 7.10. The molecule has 1 aromatic heterocycles. The second-order valence-corrected chi connectivity index (χ2v) is 6.77. The fourth-order valence-electron chi connectivity index (χ4n) is 3.41. The van der Waals surface area contributed by atoms with Gasteiger partial charge in [0.1, 0.15) is 11.4 Å². The fourth-order valence-corrected chi connectivity index (χ4v) is 3.41. The van der Waals surface area contributed by atoms with Gasteiger partial charge in [-0.25, -0.2) is 0 Å². The molecule has 1 amide bonds. The Labute approximate surface area is 136 Å². The monoisotopic (exact) mass is 322 g/mol. The number of aromatic nitrogens is 2. The van der Waals surface area contributed by atoms with E-state index in [0.29, 0.717) is 17.9 Å². The molecule has 7 nitrogen and oxygen atoms in total. The normalized spacial score (nSPS) is 17.5. The highest BCUT2D eigenvalue weighted by Crippen LogP contribution is 2.27. The zero-order valence-corrected chi connectivity index (χ0v) is 14.2. The highest BCUT2D eigenvalue weighted by atomic mass is 16.6. The summed E-state index contributed by atoms with van der Waals surface area (Å²) in [6.45, 7) is 5.77. The average Bonchev–Trinajstić information content (AvgIpc) is 2.60. The van der Waals surface area contributed by atoms with Crippen LogP contribution in [-0.2, 0) is 11.3 Å². The molecule has 7 heteroatoms. The molecule has 1 saturated carbocycles. The lowest BCUT2D eigenvalue weighted by Crippen LogP contribution is -2.45. The van der Waals surface area contributed by atoms with E-state index in [1.807, 2.05) is 0 Å². The third kappa shape index (κ3) is 4.30. The Morgan fingerprint density at radius 2 is 1.91 bits per heavy atom. The van der Waals surface area contributed by atoms with Gasteiger partial charge in [0.15, 0.2) is 0 Å². The van der Waals surface area contributed by atoms with Crippen LogP contribution in [0.25, 0.3) is 0 Å². The third-order valence-corrected chi connectivity index (χ3v) is 4.72. The molecule has 0 unspecified atom stereocenters. The number of rotatable bonds is 5. The standard InChI is InChI=1S/C16H26N4O3/c1-12-15(20(22)23)13(2)19(18-12)11-8-14(21)17-16(3)9-6-4-5-7-10-16/h4-11H2,1-3H3,(H,17,21). The van der Waals surface area contributed by atoms with E-state index in [4.69, 9.17) is 0 Å². The van der Waals surface area contributed by atoms with Crippen molar-refractivity contribution >= 4 is 11.6 Å². The number of carbonyl (C=O) groups is 1. The van der Waals surface area contributed by atoms with Gasteiger partial charge >= 0.3 is 5.69 Å². The van der Waals surface area contributed by atoms with Crippen LogP contribution in [0.4, 0.5) is 5.69 Å². The molecule has 1 heterocycles. The molecule has 1 aromatic rings. The second-order valence-electron chi connectivity index (χ2n) is 6.77. The summed E-state index contributed by atoms with van der Waals surface area (Å²) >= 11 is 0. The minimum Gasteiger partial charge on any atom is -0.351 e. The molecule has 0 aromatic carbocycles. The van der Waals surface area contributed by atoms with Crippen LogP contribution in [0.1, 0.15) is 63.3 Å². The van der Waals surface area contributed by atoms with E-state index in [1.165, 1.54) is 12.8 Å². The van der Waals surface area contributed by atoms with Crippen molar-refractivity contribution in [3.05, 3.63) is 21.5 Å². The van der Waals surface area contributed by atoms with Gasteiger partial charge in [-0.3, -0.25) is 19.6 Å². The maximum Gasteiger partial charge on any atom is 0.312 e. The van der Waals surface area contributed by atoms with Crippen molar-refractivity contribution in [1.29, 1.82) is 0 Å². The molecule has 0 atom stereocenters. The van der Waals surface area contributed by atoms with E-state index in [0.717, 1.165) is 25.7 Å². The Bertz CT molecular complexity index is 586. The summed E-state index contributed by atoms with van der Waals surface area (Å²) in [4.78, 5) is 22.8. The van der Waals surface area contributed by atoms with Crippen LogP contribution in [0.3, 0.4) is 0 Å². The van der Waals surface area contributed by atoms with Gasteiger partial charge in [0.05, 0.1) is 11.5 Å². The van der Waals surface area contributed by atoms with E-state index in [2.05, 4.69) is 17.3 Å². The van der Waals surface area contributed by atoms with E-state index in [1.54, 1.807) is 18.5 Å². The molecule has 0 aliphatic heterocycles. The first kappa shape index (κ1) is 17.4. The molecule has 0 spiro atoms. The largest absolute Gasteiger partial charge is 0.351 e. The summed E-state index contributed by atoms with van der Waals surface area (Å²) in [7, 11) is 0. The zero-order chi connectivity index (χ0) is 17.0. The second kappa shape index (κ2) is 7.10. The number of carbonyl (C=O) groups excluding carboxylic acids is 1. The van der Waals surface area contributed by atoms with Crippen molar-refractivity contribution in [2.45, 2.75) is 77.8 Å². The number of nitro groups is 1. The average molecular weight is 322 g/mol. The van der Waals surface area contributed by atoms with Crippen LogP contribution in [0.5, 0.6) is 0 Å². The molecular weight excluding hydrogens is 296 g/mol. The Balaban J connectivity index is 1.94. The van der Waals surface area contributed by atoms with Gasteiger partial charge < -0.3 is 5.32 Å². The number of aryl methyl sites for hydroxylation is 2. The van der Waals surface area contributed by atoms with Gasteiger partial charge in [-0.1, -0.05) is 25.7 Å². The molecule has 1 N–H and O–H groups in total. The highest BCUT2D eigenvalue weighted by molar-refractivity contribution is 5.76. The van der Waals surface area contributed by atoms with Crippen molar-refractivity contribution in [1.82, 2.24) is 15.1 Å². The molecule has 1 fully saturated rings. The van der Waals surface area contributed by atoms with Crippen LogP contribution in [0.2, 0.25) is 0 Å². The van der Waals surface area contributed by atoms with Gasteiger partial charge in [0, 0.05) is 12.0 Å². The number of nitrogens with zero attached hydrogens (tertiary/aromatic N) is 3. The van der Waals surface area contributed by atoms with E-state index in [-0.39, 0.29) is 23.6 Å². The van der Waals surface area contributed by atoms with Crippen molar-refractivity contribution in [2.75, 3.05) is 0 Å². The molecule has 0 radical (unpaired) electrons. The molecule has 23 heavy (non-hydrogen) atoms. The molecule has 2 rings (SSSR count). The lowest BCUT2D eigenvalue weighted by molar-refractivity contribution is -0.386. The predicted molar refractivity (Wildman–Crippen MR) is 87.2 cm³/mol. The Morgan fingerprint density at radius 3 is 2.43 bits per heavy atom. The van der Waals surface area contributed by atoms with Crippen LogP contribution >= 0.6 is 0 Å². The smallest absolute Gasteiger partial charge is 0.312 e. The van der Waals surface area contributed by atoms with Crippen molar-refractivity contribution in [3.8, 4) is 0 Å². The minimum atomic E-state index is -0.416. The zero-order valence-electron chi connectivity index (χ0n) is 14.2. The summed E-state index contributed by atoms with van der Waals surface area (Å²) in [5, 5.41) is 18.3. The summed E-state index contributed by atoms with van der Waals surface area (Å²) in [5.41, 5.74) is 0.819. The molecule has 0 saturated heterocycles. The first-order valence-corrected chi connectivity index (χ1v) is 8.32. The fraction of sp³-hybridized carbons (Fsp3) is 0.750. The Morgan fingerprint density at radius 1 is 1.30 bits per heavy atom. The van der Waals surface area contributed by atoms with Crippen LogP contribution in [0.15, 0.2) is 0 Å². The molecule has 1 aliphatic carbocycles. The molecule has 1 aliphatic rings. The molecule has 128 valence electrons. The van der Waals surface area contributed by atoms with E-state index in [9.17, 15) is 14.9 Å². The summed E-state index contributed by atoms with van der Waals surface area (Å²) in [6, 6.07) is 0.